The predicted octanol–water partition coefficient (Wildman–Crippen LogP) is 6.59. The van der Waals surface area contributed by atoms with E-state index in [0.717, 1.165) is 43.3 Å². The first-order valence-corrected chi connectivity index (χ1v) is 13.4. The monoisotopic (exact) mass is 538 g/mol. The molecule has 0 amide bonds. The number of carboxylic acids is 1. The molecule has 0 fully saturated rings. The highest BCUT2D eigenvalue weighted by Gasteiger charge is 2.30. The van der Waals surface area contributed by atoms with Gasteiger partial charge in [-0.05, 0) is 55.3 Å². The zero-order valence-corrected chi connectivity index (χ0v) is 21.4. The molecule has 4 rings (SSSR count). The molecule has 11 heteroatoms. The summed E-state index contributed by atoms with van der Waals surface area (Å²) in [6, 6.07) is 10.1. The standard InChI is InChI=1S/C20H15F3N2O2S2.C5H10O2/c1-13-24-17-6-4-14(11-19(17)28-13)3-2-10-29(26,27)25-9-8-15-12-16(20(21,22)23)5-7-18(15)25;1-3-4(2)5(6)7/h2-9,11-12H,10H2,1H3;4H,3H2,1-2H3,(H,6,7). The fraction of sp³-hybridized carbons (Fsp3) is 0.280. The molecule has 0 saturated heterocycles. The van der Waals surface area contributed by atoms with Crippen molar-refractivity contribution in [3.8, 4) is 0 Å². The Labute approximate surface area is 210 Å². The zero-order valence-electron chi connectivity index (χ0n) is 19.8. The van der Waals surface area contributed by atoms with Crippen LogP contribution in [0.2, 0.25) is 0 Å². The fourth-order valence-electron chi connectivity index (χ4n) is 3.26. The molecule has 4 aromatic rings. The van der Waals surface area contributed by atoms with Gasteiger partial charge in [0.05, 0.1) is 38.0 Å². The molecule has 0 aliphatic carbocycles. The molecule has 0 spiro atoms. The Balaban J connectivity index is 0.000000454. The van der Waals surface area contributed by atoms with E-state index in [4.69, 9.17) is 5.11 Å². The Bertz CT molecular complexity index is 1520. The van der Waals surface area contributed by atoms with Crippen molar-refractivity contribution in [2.75, 3.05) is 5.75 Å². The third-order valence-electron chi connectivity index (χ3n) is 5.45. The van der Waals surface area contributed by atoms with E-state index in [9.17, 15) is 26.4 Å². The van der Waals surface area contributed by atoms with Crippen LogP contribution in [0.3, 0.4) is 0 Å². The second-order valence-electron chi connectivity index (χ2n) is 8.17. The average Bonchev–Trinajstić information content (AvgIpc) is 3.40. The lowest BCUT2D eigenvalue weighted by Crippen LogP contribution is -2.14. The molecule has 2 aromatic carbocycles. The summed E-state index contributed by atoms with van der Waals surface area (Å²) in [5.41, 5.74) is 1.15. The molecule has 1 atom stereocenters. The Kier molecular flexibility index (Phi) is 8.25. The van der Waals surface area contributed by atoms with Crippen LogP contribution in [-0.4, -0.2) is 34.2 Å². The Morgan fingerprint density at radius 1 is 1.19 bits per heavy atom. The van der Waals surface area contributed by atoms with Gasteiger partial charge >= 0.3 is 12.1 Å². The van der Waals surface area contributed by atoms with Gasteiger partial charge in [-0.15, -0.1) is 11.3 Å². The third kappa shape index (κ3) is 6.52. The number of hydrogen-bond donors (Lipinski definition) is 1. The number of thiazole rings is 1. The van der Waals surface area contributed by atoms with Gasteiger partial charge in [-0.3, -0.25) is 4.79 Å². The summed E-state index contributed by atoms with van der Waals surface area (Å²) in [4.78, 5) is 14.3. The van der Waals surface area contributed by atoms with Crippen LogP contribution in [0.5, 0.6) is 0 Å². The number of hydrogen-bond acceptors (Lipinski definition) is 5. The molecule has 0 aliphatic heterocycles. The van der Waals surface area contributed by atoms with Gasteiger partial charge < -0.3 is 5.11 Å². The summed E-state index contributed by atoms with van der Waals surface area (Å²) in [5.74, 6) is -1.17. The van der Waals surface area contributed by atoms with Gasteiger partial charge in [-0.25, -0.2) is 17.4 Å². The number of aryl methyl sites for hydroxylation is 1. The summed E-state index contributed by atoms with van der Waals surface area (Å²) < 4.78 is 65.9. The van der Waals surface area contributed by atoms with E-state index >= 15 is 0 Å². The third-order valence-corrected chi connectivity index (χ3v) is 7.92. The van der Waals surface area contributed by atoms with Crippen molar-refractivity contribution in [3.05, 3.63) is 70.9 Å². The highest BCUT2D eigenvalue weighted by Crippen LogP contribution is 2.32. The molecular formula is C25H25F3N2O4S2. The van der Waals surface area contributed by atoms with Crippen molar-refractivity contribution in [1.29, 1.82) is 0 Å². The van der Waals surface area contributed by atoms with E-state index in [1.807, 2.05) is 32.0 Å². The van der Waals surface area contributed by atoms with E-state index in [-0.39, 0.29) is 22.6 Å². The van der Waals surface area contributed by atoms with Crippen molar-refractivity contribution >= 4 is 54.5 Å². The number of aliphatic carboxylic acids is 1. The van der Waals surface area contributed by atoms with Gasteiger partial charge in [-0.2, -0.15) is 13.2 Å². The summed E-state index contributed by atoms with van der Waals surface area (Å²) in [7, 11) is -3.76. The first-order valence-electron chi connectivity index (χ1n) is 11.0. The predicted molar refractivity (Wildman–Crippen MR) is 137 cm³/mol. The van der Waals surface area contributed by atoms with Crippen molar-refractivity contribution in [3.63, 3.8) is 0 Å². The molecule has 6 nitrogen and oxygen atoms in total. The first-order chi connectivity index (χ1) is 16.8. The number of rotatable bonds is 6. The lowest BCUT2D eigenvalue weighted by molar-refractivity contribution is -0.141. The van der Waals surface area contributed by atoms with Gasteiger partial charge in [0.2, 0.25) is 10.0 Å². The SMILES string of the molecule is CCC(C)C(=O)O.Cc1nc2ccc(C=CCS(=O)(=O)n3ccc4cc(C(F)(F)F)ccc43)cc2s1. The Morgan fingerprint density at radius 3 is 2.53 bits per heavy atom. The molecule has 0 aliphatic rings. The second-order valence-corrected chi connectivity index (χ2v) is 11.3. The molecule has 1 unspecified atom stereocenters. The van der Waals surface area contributed by atoms with Crippen LogP contribution < -0.4 is 0 Å². The summed E-state index contributed by atoms with van der Waals surface area (Å²) in [6.45, 7) is 5.48. The zero-order chi connectivity index (χ0) is 26.7. The number of benzene rings is 2. The molecule has 0 bridgehead atoms. The minimum atomic E-state index is -4.48. The van der Waals surface area contributed by atoms with Crippen LogP contribution in [-0.2, 0) is 21.0 Å². The van der Waals surface area contributed by atoms with Crippen molar-refractivity contribution in [1.82, 2.24) is 8.96 Å². The van der Waals surface area contributed by atoms with Gasteiger partial charge in [0.15, 0.2) is 0 Å². The lowest BCUT2D eigenvalue weighted by Gasteiger charge is -2.08. The van der Waals surface area contributed by atoms with E-state index in [1.54, 1.807) is 24.3 Å². The maximum absolute atomic E-state index is 12.8. The number of carbonyl (C=O) groups is 1. The number of halogens is 3. The van der Waals surface area contributed by atoms with Crippen LogP contribution in [0.25, 0.3) is 27.2 Å². The first kappa shape index (κ1) is 27.4. The summed E-state index contributed by atoms with van der Waals surface area (Å²) in [5, 5.41) is 9.36. The van der Waals surface area contributed by atoms with Crippen molar-refractivity contribution < 1.29 is 31.5 Å². The van der Waals surface area contributed by atoms with Gasteiger partial charge in [0.1, 0.15) is 0 Å². The van der Waals surface area contributed by atoms with E-state index in [0.29, 0.717) is 0 Å². The minimum Gasteiger partial charge on any atom is -0.481 e. The van der Waals surface area contributed by atoms with E-state index in [2.05, 4.69) is 4.98 Å². The van der Waals surface area contributed by atoms with E-state index < -0.39 is 27.7 Å². The molecule has 2 heterocycles. The van der Waals surface area contributed by atoms with Crippen LogP contribution in [0.15, 0.2) is 54.7 Å². The fourth-order valence-corrected chi connectivity index (χ4v) is 5.34. The van der Waals surface area contributed by atoms with Crippen LogP contribution in [0.4, 0.5) is 13.2 Å². The number of fused-ring (bicyclic) bond motifs is 2. The molecule has 36 heavy (non-hydrogen) atoms. The number of carboxylic acid groups (broad SMARTS) is 1. The second kappa shape index (κ2) is 10.8. The minimum absolute atomic E-state index is 0.181. The van der Waals surface area contributed by atoms with Crippen LogP contribution in [0, 0.1) is 12.8 Å². The highest BCUT2D eigenvalue weighted by molar-refractivity contribution is 7.90. The topological polar surface area (TPSA) is 89.3 Å². The average molecular weight is 539 g/mol. The normalized spacial score (nSPS) is 13.2. The largest absolute Gasteiger partial charge is 0.481 e. The number of aromatic nitrogens is 2. The quantitative estimate of drug-likeness (QED) is 0.299. The Morgan fingerprint density at radius 2 is 1.92 bits per heavy atom. The van der Waals surface area contributed by atoms with Crippen molar-refractivity contribution in [2.45, 2.75) is 33.4 Å². The van der Waals surface area contributed by atoms with Crippen molar-refractivity contribution in [2.24, 2.45) is 5.92 Å². The van der Waals surface area contributed by atoms with Crippen LogP contribution in [0.1, 0.15) is 36.4 Å². The maximum atomic E-state index is 12.8. The molecule has 1 N–H and O–H groups in total. The number of nitrogens with zero attached hydrogens (tertiary/aromatic N) is 2. The van der Waals surface area contributed by atoms with Gasteiger partial charge in [-0.1, -0.05) is 32.1 Å². The molecule has 0 saturated carbocycles. The Hall–Kier alpha value is -3.18. The van der Waals surface area contributed by atoms with Gasteiger partial charge in [0.25, 0.3) is 0 Å². The lowest BCUT2D eigenvalue weighted by atomic mass is 10.1. The van der Waals surface area contributed by atoms with Crippen LogP contribution >= 0.6 is 11.3 Å². The highest BCUT2D eigenvalue weighted by atomic mass is 32.2. The molecule has 192 valence electrons. The summed E-state index contributed by atoms with van der Waals surface area (Å²) in [6.07, 6.45) is 0.755. The molecular weight excluding hydrogens is 513 g/mol. The summed E-state index contributed by atoms with van der Waals surface area (Å²) >= 11 is 1.56. The van der Waals surface area contributed by atoms with E-state index in [1.165, 1.54) is 24.4 Å². The molecule has 0 radical (unpaired) electrons. The molecule has 2 aromatic heterocycles. The number of alkyl halides is 3. The van der Waals surface area contributed by atoms with Gasteiger partial charge in [0, 0.05) is 11.6 Å². The maximum Gasteiger partial charge on any atom is 0.416 e. The smallest absolute Gasteiger partial charge is 0.416 e.